The van der Waals surface area contributed by atoms with Crippen molar-refractivity contribution in [3.63, 3.8) is 0 Å². The van der Waals surface area contributed by atoms with Gasteiger partial charge in [-0.05, 0) is 74.0 Å². The molecule has 0 radical (unpaired) electrons. The molecule has 2 atom stereocenters. The number of rotatable bonds is 6. The number of carbonyl (C=O) groups excluding carboxylic acids is 1. The van der Waals surface area contributed by atoms with Crippen molar-refractivity contribution in [2.45, 2.75) is 51.2 Å². The normalized spacial score (nSPS) is 19.0. The Bertz CT molecular complexity index is 1400. The zero-order valence-corrected chi connectivity index (χ0v) is 24.5. The number of carbonyl (C=O) groups is 1. The molecule has 1 N–H and O–H groups in total. The minimum atomic E-state index is -0.148. The fraction of sp³-hybridized carbons (Fsp3) is 0.333. The van der Waals surface area contributed by atoms with Crippen LogP contribution in [0.1, 0.15) is 45.6 Å². The highest BCUT2D eigenvalue weighted by Gasteiger charge is 2.24. The molecule has 1 amide bonds. The molecule has 1 aliphatic rings. The first-order chi connectivity index (χ1) is 20.7. The van der Waals surface area contributed by atoms with Crippen LogP contribution in [0.15, 0.2) is 103 Å². The molecule has 0 aliphatic carbocycles. The molecule has 0 saturated heterocycles. The molecule has 0 fully saturated rings. The predicted octanol–water partition coefficient (Wildman–Crippen LogP) is 6.03. The number of pyridine rings is 1. The van der Waals surface area contributed by atoms with E-state index in [0.29, 0.717) is 37.6 Å². The number of aromatic nitrogens is 1. The molecule has 3 aromatic carbocycles. The van der Waals surface area contributed by atoms with Gasteiger partial charge >= 0.3 is 0 Å². The monoisotopic (exact) mass is 563 g/mol. The molecule has 218 valence electrons. The molecular weight excluding hydrogens is 522 g/mol. The second-order valence-electron chi connectivity index (χ2n) is 11.0. The molecule has 5 rings (SSSR count). The van der Waals surface area contributed by atoms with E-state index < -0.39 is 0 Å². The number of aryl methyl sites for hydroxylation is 1. The average Bonchev–Trinajstić information content (AvgIpc) is 3.02. The van der Waals surface area contributed by atoms with E-state index in [2.05, 4.69) is 59.6 Å². The Balaban J connectivity index is 1.41. The van der Waals surface area contributed by atoms with Gasteiger partial charge in [-0.1, -0.05) is 78.9 Å². The van der Waals surface area contributed by atoms with Crippen LogP contribution < -0.4 is 10.1 Å². The molecule has 1 aromatic heterocycles. The van der Waals surface area contributed by atoms with Gasteiger partial charge in [-0.25, -0.2) is 0 Å². The topological polar surface area (TPSA) is 63.7 Å². The van der Waals surface area contributed by atoms with Crippen molar-refractivity contribution in [3.05, 3.63) is 131 Å². The van der Waals surface area contributed by atoms with Crippen molar-refractivity contribution in [2.75, 3.05) is 26.4 Å². The van der Waals surface area contributed by atoms with Gasteiger partial charge in [0, 0.05) is 25.4 Å². The molecular formula is C36H41N3O3. The predicted molar refractivity (Wildman–Crippen MR) is 167 cm³/mol. The number of benzene rings is 3. The van der Waals surface area contributed by atoms with E-state index >= 15 is 0 Å². The SMILES string of the molecule is Cc1cccnc1CN1CCCCOC[C@H](Cc2ccccc2)NC(=O)c2ccccc2OC[C@@H]1Cc1ccccc1. The number of amides is 1. The Hall–Kier alpha value is -4.00. The highest BCUT2D eigenvalue weighted by molar-refractivity contribution is 5.97. The van der Waals surface area contributed by atoms with Crippen molar-refractivity contribution in [2.24, 2.45) is 0 Å². The van der Waals surface area contributed by atoms with E-state index in [1.807, 2.05) is 60.8 Å². The quantitative estimate of drug-likeness (QED) is 0.310. The number of para-hydroxylation sites is 1. The Morgan fingerprint density at radius 1 is 0.833 bits per heavy atom. The molecule has 2 heterocycles. The first-order valence-electron chi connectivity index (χ1n) is 15.0. The maximum Gasteiger partial charge on any atom is 0.255 e. The number of fused-ring (bicyclic) bond motifs is 1. The Morgan fingerprint density at radius 3 is 2.31 bits per heavy atom. The summed E-state index contributed by atoms with van der Waals surface area (Å²) in [5, 5.41) is 3.23. The average molecular weight is 564 g/mol. The van der Waals surface area contributed by atoms with Crippen molar-refractivity contribution in [1.82, 2.24) is 15.2 Å². The number of ether oxygens (including phenoxy) is 2. The molecule has 0 bridgehead atoms. The van der Waals surface area contributed by atoms with Crippen LogP contribution in [0.3, 0.4) is 0 Å². The number of hydrogen-bond donors (Lipinski definition) is 1. The van der Waals surface area contributed by atoms with Gasteiger partial charge in [0.1, 0.15) is 12.4 Å². The molecule has 1 aliphatic heterocycles. The van der Waals surface area contributed by atoms with E-state index in [1.54, 1.807) is 0 Å². The first-order valence-corrected chi connectivity index (χ1v) is 15.0. The summed E-state index contributed by atoms with van der Waals surface area (Å²) in [6, 6.07) is 32.4. The molecule has 0 saturated carbocycles. The third-order valence-corrected chi connectivity index (χ3v) is 7.83. The van der Waals surface area contributed by atoms with E-state index in [9.17, 15) is 4.79 Å². The maximum absolute atomic E-state index is 13.6. The van der Waals surface area contributed by atoms with Crippen LogP contribution in [-0.2, 0) is 24.1 Å². The minimum absolute atomic E-state index is 0.0850. The Morgan fingerprint density at radius 2 is 1.55 bits per heavy atom. The molecule has 42 heavy (non-hydrogen) atoms. The number of nitrogens with one attached hydrogen (secondary N) is 1. The highest BCUT2D eigenvalue weighted by Crippen LogP contribution is 2.22. The van der Waals surface area contributed by atoms with Crippen molar-refractivity contribution in [3.8, 4) is 5.75 Å². The third-order valence-electron chi connectivity index (χ3n) is 7.83. The van der Waals surface area contributed by atoms with Gasteiger partial charge in [0.2, 0.25) is 0 Å². The lowest BCUT2D eigenvalue weighted by atomic mass is 10.0. The smallest absolute Gasteiger partial charge is 0.255 e. The summed E-state index contributed by atoms with van der Waals surface area (Å²) in [5.74, 6) is 0.446. The second kappa shape index (κ2) is 15.3. The summed E-state index contributed by atoms with van der Waals surface area (Å²) in [5.41, 5.74) is 5.22. The number of hydrogen-bond acceptors (Lipinski definition) is 5. The van der Waals surface area contributed by atoms with Crippen LogP contribution in [-0.4, -0.2) is 54.2 Å². The van der Waals surface area contributed by atoms with Crippen LogP contribution in [0, 0.1) is 6.92 Å². The summed E-state index contributed by atoms with van der Waals surface area (Å²) >= 11 is 0. The van der Waals surface area contributed by atoms with Gasteiger partial charge < -0.3 is 14.8 Å². The summed E-state index contributed by atoms with van der Waals surface area (Å²) < 4.78 is 12.7. The lowest BCUT2D eigenvalue weighted by Gasteiger charge is -2.32. The maximum atomic E-state index is 13.6. The highest BCUT2D eigenvalue weighted by atomic mass is 16.5. The Kier molecular flexibility index (Phi) is 10.7. The van der Waals surface area contributed by atoms with Gasteiger partial charge in [-0.3, -0.25) is 14.7 Å². The largest absolute Gasteiger partial charge is 0.491 e. The van der Waals surface area contributed by atoms with Crippen LogP contribution >= 0.6 is 0 Å². The van der Waals surface area contributed by atoms with Crippen LogP contribution in [0.2, 0.25) is 0 Å². The second-order valence-corrected chi connectivity index (χ2v) is 11.0. The molecule has 4 aromatic rings. The van der Waals surface area contributed by atoms with E-state index in [-0.39, 0.29) is 18.0 Å². The van der Waals surface area contributed by atoms with Gasteiger partial charge in [0.05, 0.1) is 23.9 Å². The molecule has 0 spiro atoms. The zero-order valence-electron chi connectivity index (χ0n) is 24.5. The van der Waals surface area contributed by atoms with E-state index in [1.165, 1.54) is 11.1 Å². The van der Waals surface area contributed by atoms with Gasteiger partial charge in [0.15, 0.2) is 0 Å². The van der Waals surface area contributed by atoms with Gasteiger partial charge in [0.25, 0.3) is 5.91 Å². The third kappa shape index (κ3) is 8.51. The minimum Gasteiger partial charge on any atom is -0.491 e. The van der Waals surface area contributed by atoms with Crippen molar-refractivity contribution >= 4 is 5.91 Å². The summed E-state index contributed by atoms with van der Waals surface area (Å²) in [6.45, 7) is 5.30. The van der Waals surface area contributed by atoms with E-state index in [0.717, 1.165) is 43.6 Å². The lowest BCUT2D eigenvalue weighted by molar-refractivity contribution is 0.0819. The van der Waals surface area contributed by atoms with Gasteiger partial charge in [-0.2, -0.15) is 0 Å². The fourth-order valence-corrected chi connectivity index (χ4v) is 5.47. The fourth-order valence-electron chi connectivity index (χ4n) is 5.47. The van der Waals surface area contributed by atoms with Crippen molar-refractivity contribution < 1.29 is 14.3 Å². The Labute approximate surface area is 249 Å². The molecule has 0 unspecified atom stereocenters. The standard InChI is InChI=1S/C36H41N3O3/c1-28-13-12-20-37-34(28)25-39-21-10-11-22-41-26-31(23-29-14-4-2-5-15-29)38-36(40)33-18-8-9-19-35(33)42-27-32(39)24-30-16-6-3-7-17-30/h2-9,12-20,31-32H,10-11,21-27H2,1H3,(H,38,40)/t31-,32-/m0/s1. The van der Waals surface area contributed by atoms with E-state index in [4.69, 9.17) is 14.5 Å². The summed E-state index contributed by atoms with van der Waals surface area (Å²) in [6.07, 6.45) is 5.32. The lowest BCUT2D eigenvalue weighted by Crippen LogP contribution is -2.42. The first kappa shape index (κ1) is 29.5. The van der Waals surface area contributed by atoms with Gasteiger partial charge in [-0.15, -0.1) is 0 Å². The number of nitrogens with zero attached hydrogens (tertiary/aromatic N) is 2. The van der Waals surface area contributed by atoms with Crippen LogP contribution in [0.5, 0.6) is 5.75 Å². The summed E-state index contributed by atoms with van der Waals surface area (Å²) in [7, 11) is 0. The molecule has 6 nitrogen and oxygen atoms in total. The van der Waals surface area contributed by atoms with Crippen LogP contribution in [0.4, 0.5) is 0 Å². The summed E-state index contributed by atoms with van der Waals surface area (Å²) in [4.78, 5) is 20.8. The molecule has 6 heteroatoms. The zero-order chi connectivity index (χ0) is 29.0. The van der Waals surface area contributed by atoms with Crippen LogP contribution in [0.25, 0.3) is 0 Å². The van der Waals surface area contributed by atoms with Crippen molar-refractivity contribution in [1.29, 1.82) is 0 Å².